The second-order valence-electron chi connectivity index (χ2n) is 5.25. The average Bonchev–Trinajstić information content (AvgIpc) is 2.38. The molecular formula is C15H25ClN2O2. The number of benzene rings is 1. The van der Waals surface area contributed by atoms with Gasteiger partial charge < -0.3 is 14.8 Å². The Labute approximate surface area is 127 Å². The third-order valence-corrected chi connectivity index (χ3v) is 3.37. The van der Waals surface area contributed by atoms with Crippen LogP contribution in [0.5, 0.6) is 11.5 Å². The van der Waals surface area contributed by atoms with Crippen LogP contribution in [0, 0.1) is 0 Å². The molecule has 2 unspecified atom stereocenters. The first-order chi connectivity index (χ1) is 9.17. The van der Waals surface area contributed by atoms with Crippen molar-refractivity contribution >= 4 is 12.4 Å². The number of methoxy groups -OCH3 is 1. The molecule has 1 N–H and O–H groups in total. The van der Waals surface area contributed by atoms with Crippen molar-refractivity contribution in [2.75, 3.05) is 33.4 Å². The fourth-order valence-corrected chi connectivity index (χ4v) is 2.59. The zero-order chi connectivity index (χ0) is 13.7. The van der Waals surface area contributed by atoms with Crippen LogP contribution in [0.4, 0.5) is 0 Å². The topological polar surface area (TPSA) is 33.7 Å². The van der Waals surface area contributed by atoms with Crippen molar-refractivity contribution in [2.45, 2.75) is 25.9 Å². The third kappa shape index (κ3) is 5.19. The molecule has 20 heavy (non-hydrogen) atoms. The summed E-state index contributed by atoms with van der Waals surface area (Å²) in [6.45, 7) is 8.35. The van der Waals surface area contributed by atoms with Crippen LogP contribution >= 0.6 is 12.4 Å². The summed E-state index contributed by atoms with van der Waals surface area (Å²) in [6.07, 6.45) is 0. The highest BCUT2D eigenvalue weighted by Crippen LogP contribution is 2.17. The summed E-state index contributed by atoms with van der Waals surface area (Å²) in [4.78, 5) is 2.45. The number of halogens is 1. The molecule has 0 amide bonds. The van der Waals surface area contributed by atoms with Gasteiger partial charge in [0.2, 0.25) is 0 Å². The largest absolute Gasteiger partial charge is 0.497 e. The van der Waals surface area contributed by atoms with E-state index in [1.807, 2.05) is 24.3 Å². The van der Waals surface area contributed by atoms with E-state index in [0.29, 0.717) is 12.1 Å². The first-order valence-electron chi connectivity index (χ1n) is 6.92. The highest BCUT2D eigenvalue weighted by molar-refractivity contribution is 5.85. The predicted octanol–water partition coefficient (Wildman–Crippen LogP) is 2.18. The lowest BCUT2D eigenvalue weighted by atomic mass is 10.1. The first-order valence-corrected chi connectivity index (χ1v) is 6.92. The summed E-state index contributed by atoms with van der Waals surface area (Å²) in [5.74, 6) is 1.76. The van der Waals surface area contributed by atoms with Crippen LogP contribution in [0.15, 0.2) is 24.3 Å². The van der Waals surface area contributed by atoms with Gasteiger partial charge in [-0.3, -0.25) is 4.90 Å². The lowest BCUT2D eigenvalue weighted by molar-refractivity contribution is 0.146. The zero-order valence-corrected chi connectivity index (χ0v) is 13.3. The van der Waals surface area contributed by atoms with Gasteiger partial charge in [0.25, 0.3) is 0 Å². The van der Waals surface area contributed by atoms with Crippen molar-refractivity contribution in [2.24, 2.45) is 0 Å². The molecule has 4 nitrogen and oxygen atoms in total. The molecule has 0 spiro atoms. The fraction of sp³-hybridized carbons (Fsp3) is 0.600. The number of rotatable bonds is 5. The lowest BCUT2D eigenvalue weighted by Gasteiger charge is -2.35. The van der Waals surface area contributed by atoms with Crippen molar-refractivity contribution in [3.05, 3.63) is 24.3 Å². The van der Waals surface area contributed by atoms with Gasteiger partial charge in [-0.1, -0.05) is 0 Å². The molecule has 114 valence electrons. The van der Waals surface area contributed by atoms with Gasteiger partial charge in [0.15, 0.2) is 0 Å². The molecule has 0 saturated carbocycles. The van der Waals surface area contributed by atoms with E-state index in [2.05, 4.69) is 24.1 Å². The molecule has 2 atom stereocenters. The number of ether oxygens (including phenoxy) is 2. The van der Waals surface area contributed by atoms with Gasteiger partial charge in [-0.2, -0.15) is 0 Å². The van der Waals surface area contributed by atoms with Gasteiger partial charge in [0.05, 0.1) is 7.11 Å². The fourth-order valence-electron chi connectivity index (χ4n) is 2.59. The van der Waals surface area contributed by atoms with E-state index in [1.54, 1.807) is 7.11 Å². The maximum absolute atomic E-state index is 5.76. The van der Waals surface area contributed by atoms with E-state index in [4.69, 9.17) is 9.47 Å². The van der Waals surface area contributed by atoms with Gasteiger partial charge in [-0.05, 0) is 38.1 Å². The van der Waals surface area contributed by atoms with E-state index in [9.17, 15) is 0 Å². The molecule has 0 radical (unpaired) electrons. The molecule has 1 fully saturated rings. The highest BCUT2D eigenvalue weighted by Gasteiger charge is 2.20. The van der Waals surface area contributed by atoms with Gasteiger partial charge in [-0.25, -0.2) is 0 Å². The smallest absolute Gasteiger partial charge is 0.119 e. The number of piperazine rings is 1. The van der Waals surface area contributed by atoms with E-state index >= 15 is 0 Å². The molecule has 1 aromatic rings. The standard InChI is InChI=1S/C15H24N2O2.ClH/c1-12-10-17(11-13(2)16-12)8-9-19-15-6-4-14(18-3)5-7-15;/h4-7,12-13,16H,8-11H2,1-3H3;1H. The molecule has 0 aromatic heterocycles. The summed E-state index contributed by atoms with van der Waals surface area (Å²) < 4.78 is 10.9. The maximum atomic E-state index is 5.76. The Balaban J connectivity index is 0.00000200. The summed E-state index contributed by atoms with van der Waals surface area (Å²) in [6, 6.07) is 8.85. The van der Waals surface area contributed by atoms with E-state index in [-0.39, 0.29) is 12.4 Å². The van der Waals surface area contributed by atoms with Gasteiger partial charge in [0, 0.05) is 31.7 Å². The Morgan fingerprint density at radius 2 is 1.65 bits per heavy atom. The number of hydrogen-bond donors (Lipinski definition) is 1. The summed E-state index contributed by atoms with van der Waals surface area (Å²) >= 11 is 0. The predicted molar refractivity (Wildman–Crippen MR) is 84.2 cm³/mol. The molecule has 0 aliphatic carbocycles. The van der Waals surface area contributed by atoms with Crippen LogP contribution in [0.3, 0.4) is 0 Å². The third-order valence-electron chi connectivity index (χ3n) is 3.37. The summed E-state index contributed by atoms with van der Waals surface area (Å²) in [5, 5.41) is 3.53. The van der Waals surface area contributed by atoms with Crippen LogP contribution in [-0.2, 0) is 0 Å². The molecule has 1 aliphatic heterocycles. The average molecular weight is 301 g/mol. The Morgan fingerprint density at radius 3 is 2.20 bits per heavy atom. The Morgan fingerprint density at radius 1 is 1.10 bits per heavy atom. The van der Waals surface area contributed by atoms with Gasteiger partial charge >= 0.3 is 0 Å². The molecule has 1 aliphatic rings. The van der Waals surface area contributed by atoms with Crippen molar-refractivity contribution in [1.82, 2.24) is 10.2 Å². The normalized spacial score (nSPS) is 22.9. The minimum absolute atomic E-state index is 0. The van der Waals surface area contributed by atoms with Crippen LogP contribution in [0.2, 0.25) is 0 Å². The van der Waals surface area contributed by atoms with Gasteiger partial charge in [-0.15, -0.1) is 12.4 Å². The van der Waals surface area contributed by atoms with E-state index < -0.39 is 0 Å². The van der Waals surface area contributed by atoms with Crippen LogP contribution in [-0.4, -0.2) is 50.3 Å². The second-order valence-corrected chi connectivity index (χ2v) is 5.25. The molecule has 5 heteroatoms. The van der Waals surface area contributed by atoms with Crippen molar-refractivity contribution < 1.29 is 9.47 Å². The van der Waals surface area contributed by atoms with Crippen LogP contribution < -0.4 is 14.8 Å². The monoisotopic (exact) mass is 300 g/mol. The summed E-state index contributed by atoms with van der Waals surface area (Å²) in [7, 11) is 1.67. The quantitative estimate of drug-likeness (QED) is 0.904. The Hall–Kier alpha value is -0.970. The second kappa shape index (κ2) is 8.35. The number of nitrogens with zero attached hydrogens (tertiary/aromatic N) is 1. The first kappa shape index (κ1) is 17.1. The van der Waals surface area contributed by atoms with E-state index in [0.717, 1.165) is 37.7 Å². The molecule has 2 rings (SSSR count). The molecule has 0 bridgehead atoms. The molecule has 1 saturated heterocycles. The number of hydrogen-bond acceptors (Lipinski definition) is 4. The minimum Gasteiger partial charge on any atom is -0.497 e. The van der Waals surface area contributed by atoms with Crippen LogP contribution in [0.1, 0.15) is 13.8 Å². The molecular weight excluding hydrogens is 276 g/mol. The Kier molecular flexibility index (Phi) is 7.13. The van der Waals surface area contributed by atoms with Gasteiger partial charge in [0.1, 0.15) is 18.1 Å². The molecule has 1 heterocycles. The molecule has 1 aromatic carbocycles. The van der Waals surface area contributed by atoms with E-state index in [1.165, 1.54) is 0 Å². The van der Waals surface area contributed by atoms with Crippen molar-refractivity contribution in [3.8, 4) is 11.5 Å². The maximum Gasteiger partial charge on any atom is 0.119 e. The Bertz CT molecular complexity index is 376. The van der Waals surface area contributed by atoms with Crippen molar-refractivity contribution in [1.29, 1.82) is 0 Å². The zero-order valence-electron chi connectivity index (χ0n) is 12.5. The van der Waals surface area contributed by atoms with Crippen molar-refractivity contribution in [3.63, 3.8) is 0 Å². The lowest BCUT2D eigenvalue weighted by Crippen LogP contribution is -2.54. The SMILES string of the molecule is COc1ccc(OCCN2CC(C)NC(C)C2)cc1.Cl. The highest BCUT2D eigenvalue weighted by atomic mass is 35.5. The number of nitrogens with one attached hydrogen (secondary N) is 1. The summed E-state index contributed by atoms with van der Waals surface area (Å²) in [5.41, 5.74) is 0. The minimum atomic E-state index is 0. The van der Waals surface area contributed by atoms with Crippen LogP contribution in [0.25, 0.3) is 0 Å².